The molecule has 5 atom stereocenters. The number of aromatic nitrogens is 3. The first-order valence-corrected chi connectivity index (χ1v) is 11.1. The van der Waals surface area contributed by atoms with Crippen molar-refractivity contribution in [2.24, 2.45) is 0 Å². The van der Waals surface area contributed by atoms with Gasteiger partial charge in [-0.3, -0.25) is 4.79 Å². The van der Waals surface area contributed by atoms with Gasteiger partial charge in [0.05, 0.1) is 12.8 Å². The molecule has 9 nitrogen and oxygen atoms in total. The average Bonchev–Trinajstić information content (AvgIpc) is 3.29. The molecule has 0 spiro atoms. The number of ether oxygens (including phenoxy) is 4. The molecule has 1 amide bonds. The third kappa shape index (κ3) is 4.91. The number of rotatable bonds is 6. The Morgan fingerprint density at radius 2 is 2.03 bits per heavy atom. The van der Waals surface area contributed by atoms with E-state index in [2.05, 4.69) is 15.6 Å². The number of benzene rings is 1. The van der Waals surface area contributed by atoms with Crippen molar-refractivity contribution in [2.45, 2.75) is 50.1 Å². The summed E-state index contributed by atoms with van der Waals surface area (Å²) in [4.78, 5) is 11.7. The van der Waals surface area contributed by atoms with Crippen LogP contribution in [0.3, 0.4) is 0 Å². The molecule has 13 heteroatoms. The topological polar surface area (TPSA) is 96.7 Å². The van der Waals surface area contributed by atoms with E-state index in [0.29, 0.717) is 0 Å². The molecule has 0 aliphatic carbocycles. The number of hydrogen-bond donors (Lipinski definition) is 1. The Bertz CT molecular complexity index is 1030. The SMILES string of the molecule is CO[C@@H]1C(n2cc(-c3cc(F)c(F)c(F)c3)nn2)[C@H]2OC(C)(C)OC[C@H]2O[C@@H]1CNC(=O)CCl. The van der Waals surface area contributed by atoms with E-state index in [4.69, 9.17) is 30.5 Å². The number of carbonyl (C=O) groups excluding carboxylic acids is 1. The van der Waals surface area contributed by atoms with Crippen LogP contribution in [0.25, 0.3) is 11.3 Å². The minimum Gasteiger partial charge on any atom is -0.376 e. The predicted octanol–water partition coefficient (Wildman–Crippen LogP) is 2.19. The lowest BCUT2D eigenvalue weighted by atomic mass is 9.91. The molecule has 2 aromatic rings. The first kappa shape index (κ1) is 24.9. The van der Waals surface area contributed by atoms with E-state index in [1.165, 1.54) is 18.0 Å². The van der Waals surface area contributed by atoms with Gasteiger partial charge in [0.1, 0.15) is 42.0 Å². The third-order valence-corrected chi connectivity index (χ3v) is 6.00. The van der Waals surface area contributed by atoms with Gasteiger partial charge in [-0.2, -0.15) is 0 Å². The number of amides is 1. The molecule has 3 heterocycles. The molecule has 186 valence electrons. The van der Waals surface area contributed by atoms with Crippen molar-refractivity contribution < 1.29 is 36.9 Å². The molecule has 2 aliphatic heterocycles. The zero-order valence-corrected chi connectivity index (χ0v) is 19.4. The molecule has 34 heavy (non-hydrogen) atoms. The maximum absolute atomic E-state index is 13.8. The van der Waals surface area contributed by atoms with E-state index < -0.39 is 53.7 Å². The largest absolute Gasteiger partial charge is 0.376 e. The minimum atomic E-state index is -1.57. The van der Waals surface area contributed by atoms with E-state index in [-0.39, 0.29) is 36.2 Å². The highest BCUT2D eigenvalue weighted by Crippen LogP contribution is 2.39. The van der Waals surface area contributed by atoms with Crippen LogP contribution in [0.15, 0.2) is 18.3 Å². The Balaban J connectivity index is 1.69. The lowest BCUT2D eigenvalue weighted by Gasteiger charge is -2.51. The first-order valence-electron chi connectivity index (χ1n) is 10.5. The lowest BCUT2D eigenvalue weighted by Crippen LogP contribution is -2.64. The monoisotopic (exact) mass is 504 g/mol. The number of carbonyl (C=O) groups is 1. The number of nitrogens with one attached hydrogen (secondary N) is 1. The maximum Gasteiger partial charge on any atom is 0.235 e. The Morgan fingerprint density at radius 3 is 2.68 bits per heavy atom. The fraction of sp³-hybridized carbons (Fsp3) is 0.571. The van der Waals surface area contributed by atoms with E-state index >= 15 is 0 Å². The van der Waals surface area contributed by atoms with Crippen molar-refractivity contribution in [1.82, 2.24) is 20.3 Å². The molecular weight excluding hydrogens is 481 g/mol. The van der Waals surface area contributed by atoms with Crippen molar-refractivity contribution in [2.75, 3.05) is 26.1 Å². The van der Waals surface area contributed by atoms with Gasteiger partial charge in [-0.15, -0.1) is 16.7 Å². The Hall–Kier alpha value is -2.25. The van der Waals surface area contributed by atoms with E-state index in [1.807, 2.05) is 0 Å². The normalized spacial score (nSPS) is 28.4. The van der Waals surface area contributed by atoms with Crippen LogP contribution < -0.4 is 5.32 Å². The summed E-state index contributed by atoms with van der Waals surface area (Å²) in [5.74, 6) is -5.75. The van der Waals surface area contributed by atoms with Crippen molar-refractivity contribution in [1.29, 1.82) is 0 Å². The van der Waals surface area contributed by atoms with Gasteiger partial charge in [0, 0.05) is 19.2 Å². The van der Waals surface area contributed by atoms with Gasteiger partial charge in [0.15, 0.2) is 23.2 Å². The molecule has 1 N–H and O–H groups in total. The minimum absolute atomic E-state index is 0.0133. The van der Waals surface area contributed by atoms with Gasteiger partial charge in [-0.05, 0) is 26.0 Å². The highest BCUT2D eigenvalue weighted by Gasteiger charge is 2.52. The van der Waals surface area contributed by atoms with Gasteiger partial charge in [0.2, 0.25) is 5.91 Å². The van der Waals surface area contributed by atoms with Gasteiger partial charge < -0.3 is 24.3 Å². The van der Waals surface area contributed by atoms with Crippen LogP contribution in [0.2, 0.25) is 0 Å². The summed E-state index contributed by atoms with van der Waals surface area (Å²) in [6.07, 6.45) is -0.946. The molecule has 1 aromatic carbocycles. The van der Waals surface area contributed by atoms with E-state index in [1.54, 1.807) is 13.8 Å². The number of halogens is 4. The van der Waals surface area contributed by atoms with Crippen LogP contribution in [0, 0.1) is 17.5 Å². The van der Waals surface area contributed by atoms with E-state index in [0.717, 1.165) is 12.1 Å². The summed E-state index contributed by atoms with van der Waals surface area (Å²) in [7, 11) is 1.48. The number of alkyl halides is 1. The molecule has 4 rings (SSSR count). The van der Waals surface area contributed by atoms with Crippen LogP contribution in [-0.2, 0) is 23.7 Å². The van der Waals surface area contributed by atoms with Crippen LogP contribution >= 0.6 is 11.6 Å². The standard InChI is InChI=1S/C21H24ClF3N4O5/c1-21(2)32-9-15-20(34-21)18(19(31-3)14(33-15)7-26-16(30)6-22)29-8-13(27-28-29)10-4-11(23)17(25)12(24)5-10/h4-5,8,14-15,18-20H,6-7,9H2,1-3H3,(H,26,30)/t14-,15-,18?,19+,20+/m1/s1. The molecule has 0 radical (unpaired) electrons. The summed E-state index contributed by atoms with van der Waals surface area (Å²) in [5.41, 5.74) is 0.133. The number of nitrogens with zero attached hydrogens (tertiary/aromatic N) is 3. The summed E-state index contributed by atoms with van der Waals surface area (Å²) >= 11 is 5.58. The molecule has 2 fully saturated rings. The zero-order valence-electron chi connectivity index (χ0n) is 18.6. The van der Waals surface area contributed by atoms with Crippen LogP contribution in [0.4, 0.5) is 13.2 Å². The van der Waals surface area contributed by atoms with Crippen LogP contribution in [0.1, 0.15) is 19.9 Å². The number of hydrogen-bond acceptors (Lipinski definition) is 7. The van der Waals surface area contributed by atoms with Crippen molar-refractivity contribution in [3.63, 3.8) is 0 Å². The smallest absolute Gasteiger partial charge is 0.235 e. The molecule has 2 saturated heterocycles. The zero-order chi connectivity index (χ0) is 24.6. The Morgan fingerprint density at radius 1 is 1.32 bits per heavy atom. The summed E-state index contributed by atoms with van der Waals surface area (Å²) in [6, 6.07) is 1.07. The van der Waals surface area contributed by atoms with Gasteiger partial charge in [-0.25, -0.2) is 17.9 Å². The quantitative estimate of drug-likeness (QED) is 0.476. The average molecular weight is 505 g/mol. The molecule has 0 bridgehead atoms. The van der Waals surface area contributed by atoms with Crippen molar-refractivity contribution in [3.8, 4) is 11.3 Å². The summed E-state index contributed by atoms with van der Waals surface area (Å²) < 4.78 is 66.1. The third-order valence-electron chi connectivity index (χ3n) is 5.76. The molecular formula is C21H24ClF3N4O5. The van der Waals surface area contributed by atoms with Gasteiger partial charge >= 0.3 is 0 Å². The van der Waals surface area contributed by atoms with Crippen molar-refractivity contribution in [3.05, 3.63) is 35.8 Å². The highest BCUT2D eigenvalue weighted by atomic mass is 35.5. The van der Waals surface area contributed by atoms with Crippen LogP contribution in [0.5, 0.6) is 0 Å². The first-order chi connectivity index (χ1) is 16.1. The predicted molar refractivity (Wildman–Crippen MR) is 112 cm³/mol. The van der Waals surface area contributed by atoms with Crippen LogP contribution in [-0.4, -0.2) is 77.2 Å². The lowest BCUT2D eigenvalue weighted by molar-refractivity contribution is -0.349. The van der Waals surface area contributed by atoms with Gasteiger partial charge in [0.25, 0.3) is 0 Å². The molecule has 2 aliphatic rings. The second-order valence-electron chi connectivity index (χ2n) is 8.47. The fourth-order valence-electron chi connectivity index (χ4n) is 4.21. The number of fused-ring (bicyclic) bond motifs is 1. The second-order valence-corrected chi connectivity index (χ2v) is 8.74. The van der Waals surface area contributed by atoms with Crippen molar-refractivity contribution >= 4 is 17.5 Å². The van der Waals surface area contributed by atoms with E-state index in [9.17, 15) is 18.0 Å². The summed E-state index contributed by atoms with van der Waals surface area (Å²) in [5, 5.41) is 10.8. The fourth-order valence-corrected chi connectivity index (χ4v) is 4.30. The molecule has 0 saturated carbocycles. The molecule has 1 aromatic heterocycles. The second kappa shape index (κ2) is 9.78. The van der Waals surface area contributed by atoms with Gasteiger partial charge in [-0.1, -0.05) is 5.21 Å². The highest BCUT2D eigenvalue weighted by molar-refractivity contribution is 6.27. The maximum atomic E-state index is 13.8. The number of methoxy groups -OCH3 is 1. The summed E-state index contributed by atoms with van der Waals surface area (Å²) in [6.45, 7) is 3.82. The Labute approximate surface area is 198 Å². The Kier molecular flexibility index (Phi) is 7.15. The molecule has 1 unspecified atom stereocenters.